The Balaban J connectivity index is 2.14. The maximum Gasteiger partial charge on any atom is 0.126 e. The zero-order valence-electron chi connectivity index (χ0n) is 17.5. The summed E-state index contributed by atoms with van der Waals surface area (Å²) < 4.78 is 0. The molecule has 0 amide bonds. The molecule has 1 saturated carbocycles. The van der Waals surface area contributed by atoms with Crippen LogP contribution in [0, 0.1) is 11.8 Å². The molecule has 1 aromatic rings. The van der Waals surface area contributed by atoms with Gasteiger partial charge in [0.1, 0.15) is 11.7 Å². The van der Waals surface area contributed by atoms with Crippen molar-refractivity contribution in [3.8, 4) is 0 Å². The molecular weight excluding hydrogens is 368 g/mol. The first-order chi connectivity index (χ1) is 13.5. The van der Waals surface area contributed by atoms with Gasteiger partial charge in [-0.05, 0) is 54.9 Å². The number of hydrogen-bond donors (Lipinski definition) is 2. The minimum Gasteiger partial charge on any atom is -0.329 e. The molecule has 2 atom stereocenters. The second-order valence-electron chi connectivity index (χ2n) is 7.87. The number of aliphatic imine (C=N–C) groups is 2. The summed E-state index contributed by atoms with van der Waals surface area (Å²) in [5.74, 6) is 3.27. The number of nitrogens with one attached hydrogen (secondary N) is 1. The van der Waals surface area contributed by atoms with E-state index < -0.39 is 0 Å². The van der Waals surface area contributed by atoms with Gasteiger partial charge in [-0.25, -0.2) is 0 Å². The number of nitrogens with two attached hydrogens (primary N) is 1. The lowest BCUT2D eigenvalue weighted by molar-refractivity contribution is 0.229. The average Bonchev–Trinajstić information content (AvgIpc) is 2.66. The first-order valence-electron chi connectivity index (χ1n) is 10.5. The molecule has 0 spiro atoms. The summed E-state index contributed by atoms with van der Waals surface area (Å²) in [5.41, 5.74) is 6.70. The molecule has 0 aromatic heterocycles. The monoisotopic (exact) mass is 402 g/mol. The summed E-state index contributed by atoms with van der Waals surface area (Å²) >= 11 is 5.99. The number of hydrogen-bond acceptors (Lipinski definition) is 3. The molecule has 1 aromatic carbocycles. The van der Waals surface area contributed by atoms with E-state index in [1.807, 2.05) is 24.3 Å². The average molecular weight is 403 g/mol. The third kappa shape index (κ3) is 7.76. The third-order valence-electron chi connectivity index (χ3n) is 5.14. The van der Waals surface area contributed by atoms with Gasteiger partial charge in [-0.15, -0.1) is 0 Å². The van der Waals surface area contributed by atoms with Crippen molar-refractivity contribution >= 4 is 29.3 Å². The number of amidine groups is 2. The summed E-state index contributed by atoms with van der Waals surface area (Å²) in [7, 11) is 0. The van der Waals surface area contributed by atoms with Crippen molar-refractivity contribution in [3.63, 3.8) is 0 Å². The van der Waals surface area contributed by atoms with Crippen molar-refractivity contribution in [2.75, 3.05) is 13.1 Å². The maximum atomic E-state index is 5.99. The molecule has 1 aliphatic rings. The van der Waals surface area contributed by atoms with Crippen LogP contribution in [0.15, 0.2) is 40.3 Å². The molecule has 1 fully saturated rings. The van der Waals surface area contributed by atoms with E-state index in [1.165, 1.54) is 25.7 Å². The zero-order chi connectivity index (χ0) is 20.4. The molecule has 0 heterocycles. The number of nitrogens with zero attached hydrogens (tertiary/aromatic N) is 2. The van der Waals surface area contributed by atoms with Crippen molar-refractivity contribution in [1.82, 2.24) is 5.32 Å². The van der Waals surface area contributed by atoms with Crippen molar-refractivity contribution in [2.45, 2.75) is 58.9 Å². The van der Waals surface area contributed by atoms with E-state index in [0.29, 0.717) is 25.0 Å². The Kier molecular flexibility index (Phi) is 9.72. The molecule has 28 heavy (non-hydrogen) atoms. The van der Waals surface area contributed by atoms with Crippen molar-refractivity contribution < 1.29 is 0 Å². The summed E-state index contributed by atoms with van der Waals surface area (Å²) in [6, 6.07) is 8.23. The highest BCUT2D eigenvalue weighted by Crippen LogP contribution is 2.35. The molecule has 2 rings (SSSR count). The van der Waals surface area contributed by atoms with E-state index >= 15 is 0 Å². The van der Waals surface area contributed by atoms with Gasteiger partial charge in [0.05, 0.1) is 12.6 Å². The molecule has 5 heteroatoms. The van der Waals surface area contributed by atoms with Gasteiger partial charge in [-0.1, -0.05) is 57.0 Å². The van der Waals surface area contributed by atoms with E-state index in [9.17, 15) is 0 Å². The standard InChI is InChI=1S/C23H35ClN4/c1-4-22(26-16-15-25)28-23(14-8-18-6-11-20(24)12-7-18)27-21-13-10-19(21)9-5-17(2)3/h6-8,11-12,14,17,19,21H,4-5,9-10,13,15-16,25H2,1-3H3,(H,26,27,28)/b14-8+/t19?,21-/m1/s1. The van der Waals surface area contributed by atoms with E-state index in [4.69, 9.17) is 22.3 Å². The zero-order valence-corrected chi connectivity index (χ0v) is 18.3. The molecule has 1 aliphatic carbocycles. The fraction of sp³-hybridized carbons (Fsp3) is 0.565. The SMILES string of the molecule is CCC(=NCCN)NC(/C=C/c1ccc(Cl)cc1)=N[C@@H]1CCC1CCC(C)C. The van der Waals surface area contributed by atoms with Gasteiger partial charge in [0.15, 0.2) is 0 Å². The van der Waals surface area contributed by atoms with Gasteiger partial charge in [-0.2, -0.15) is 0 Å². The molecule has 154 valence electrons. The minimum atomic E-state index is 0.406. The predicted molar refractivity (Wildman–Crippen MR) is 123 cm³/mol. The lowest BCUT2D eigenvalue weighted by Crippen LogP contribution is -2.35. The topological polar surface area (TPSA) is 62.8 Å². The highest BCUT2D eigenvalue weighted by molar-refractivity contribution is 6.30. The molecular formula is C23H35ClN4. The van der Waals surface area contributed by atoms with E-state index in [1.54, 1.807) is 0 Å². The lowest BCUT2D eigenvalue weighted by atomic mass is 9.76. The molecule has 3 N–H and O–H groups in total. The van der Waals surface area contributed by atoms with Crippen LogP contribution < -0.4 is 11.1 Å². The number of halogens is 1. The molecule has 1 unspecified atom stereocenters. The van der Waals surface area contributed by atoms with Gasteiger partial charge in [-0.3, -0.25) is 9.98 Å². The van der Waals surface area contributed by atoms with E-state index in [-0.39, 0.29) is 0 Å². The number of benzene rings is 1. The van der Waals surface area contributed by atoms with Gasteiger partial charge >= 0.3 is 0 Å². The smallest absolute Gasteiger partial charge is 0.126 e. The Bertz CT molecular complexity index is 676. The maximum absolute atomic E-state index is 5.99. The van der Waals surface area contributed by atoms with Crippen LogP contribution in [0.2, 0.25) is 5.02 Å². The summed E-state index contributed by atoms with van der Waals surface area (Å²) in [4.78, 5) is 9.60. The Morgan fingerprint density at radius 2 is 2.04 bits per heavy atom. The molecule has 0 bridgehead atoms. The fourth-order valence-corrected chi connectivity index (χ4v) is 3.36. The Hall–Kier alpha value is -1.65. The normalized spacial score (nSPS) is 20.6. The highest BCUT2D eigenvalue weighted by Gasteiger charge is 2.30. The Morgan fingerprint density at radius 1 is 1.29 bits per heavy atom. The van der Waals surface area contributed by atoms with Crippen LogP contribution in [0.1, 0.15) is 58.4 Å². The van der Waals surface area contributed by atoms with Crippen LogP contribution in [0.3, 0.4) is 0 Å². The van der Waals surface area contributed by atoms with Gasteiger partial charge in [0.25, 0.3) is 0 Å². The summed E-state index contributed by atoms with van der Waals surface area (Å²) in [6.45, 7) is 7.86. The molecule has 0 saturated heterocycles. The molecule has 0 aliphatic heterocycles. The second-order valence-corrected chi connectivity index (χ2v) is 8.31. The lowest BCUT2D eigenvalue weighted by Gasteiger charge is -2.34. The third-order valence-corrected chi connectivity index (χ3v) is 5.39. The molecule has 4 nitrogen and oxygen atoms in total. The number of rotatable bonds is 9. The van der Waals surface area contributed by atoms with Gasteiger partial charge < -0.3 is 11.1 Å². The van der Waals surface area contributed by atoms with Crippen LogP contribution in [-0.2, 0) is 0 Å². The van der Waals surface area contributed by atoms with Crippen LogP contribution >= 0.6 is 11.6 Å². The van der Waals surface area contributed by atoms with Gasteiger partial charge in [0, 0.05) is 18.0 Å². The Labute approximate surface area is 175 Å². The van der Waals surface area contributed by atoms with Gasteiger partial charge in [0.2, 0.25) is 0 Å². The van der Waals surface area contributed by atoms with Crippen LogP contribution in [0.4, 0.5) is 0 Å². The van der Waals surface area contributed by atoms with Crippen LogP contribution in [0.5, 0.6) is 0 Å². The first-order valence-corrected chi connectivity index (χ1v) is 10.9. The van der Waals surface area contributed by atoms with Crippen molar-refractivity contribution in [2.24, 2.45) is 27.6 Å². The van der Waals surface area contributed by atoms with Crippen molar-refractivity contribution in [3.05, 3.63) is 40.9 Å². The predicted octanol–water partition coefficient (Wildman–Crippen LogP) is 5.32. The van der Waals surface area contributed by atoms with E-state index in [0.717, 1.165) is 34.6 Å². The fourth-order valence-electron chi connectivity index (χ4n) is 3.24. The summed E-state index contributed by atoms with van der Waals surface area (Å²) in [5, 5.41) is 4.18. The second kappa shape index (κ2) is 12.0. The van der Waals surface area contributed by atoms with Crippen LogP contribution in [0.25, 0.3) is 6.08 Å². The molecule has 0 radical (unpaired) electrons. The summed E-state index contributed by atoms with van der Waals surface area (Å²) in [6.07, 6.45) is 9.95. The first kappa shape index (κ1) is 22.6. The van der Waals surface area contributed by atoms with Crippen LogP contribution in [-0.4, -0.2) is 30.8 Å². The van der Waals surface area contributed by atoms with E-state index in [2.05, 4.69) is 43.2 Å². The Morgan fingerprint density at radius 3 is 2.61 bits per heavy atom. The minimum absolute atomic E-state index is 0.406. The van der Waals surface area contributed by atoms with Crippen molar-refractivity contribution in [1.29, 1.82) is 0 Å². The highest BCUT2D eigenvalue weighted by atomic mass is 35.5. The largest absolute Gasteiger partial charge is 0.329 e. The quantitative estimate of drug-likeness (QED) is 0.433.